The Morgan fingerprint density at radius 1 is 1.06 bits per heavy atom. The first-order valence-corrected chi connectivity index (χ1v) is 7.24. The summed E-state index contributed by atoms with van der Waals surface area (Å²) in [5.41, 5.74) is 0. The number of amides is 1. The van der Waals surface area contributed by atoms with Crippen molar-refractivity contribution < 1.29 is 9.53 Å². The average Bonchev–Trinajstić information content (AvgIpc) is 2.32. The van der Waals surface area contributed by atoms with Gasteiger partial charge in [0.15, 0.2) is 0 Å². The molecule has 1 atom stereocenters. The van der Waals surface area contributed by atoms with Crippen LogP contribution in [0.25, 0.3) is 0 Å². The van der Waals surface area contributed by atoms with Crippen molar-refractivity contribution in [3.63, 3.8) is 0 Å². The van der Waals surface area contributed by atoms with Gasteiger partial charge in [0, 0.05) is 13.0 Å². The summed E-state index contributed by atoms with van der Waals surface area (Å²) in [5, 5.41) is 2.99. The third kappa shape index (κ3) is 7.37. The van der Waals surface area contributed by atoms with Crippen molar-refractivity contribution in [2.45, 2.75) is 77.4 Å². The summed E-state index contributed by atoms with van der Waals surface area (Å²) in [7, 11) is 0. The molecule has 100 valence electrons. The van der Waals surface area contributed by atoms with Gasteiger partial charge in [0.05, 0.1) is 0 Å². The van der Waals surface area contributed by atoms with Crippen molar-refractivity contribution in [1.82, 2.24) is 5.32 Å². The molecular formula is C14H27NO2. The molecule has 17 heavy (non-hydrogen) atoms. The molecule has 0 aliphatic carbocycles. The number of nitrogens with one attached hydrogen (secondary N) is 1. The van der Waals surface area contributed by atoms with E-state index in [9.17, 15) is 4.79 Å². The zero-order valence-corrected chi connectivity index (χ0v) is 11.2. The fourth-order valence-corrected chi connectivity index (χ4v) is 2.33. The molecule has 1 heterocycles. The van der Waals surface area contributed by atoms with Gasteiger partial charge in [-0.25, -0.2) is 0 Å². The molecule has 1 aliphatic heterocycles. The fourth-order valence-electron chi connectivity index (χ4n) is 2.33. The number of hydrogen-bond acceptors (Lipinski definition) is 2. The molecule has 0 bridgehead atoms. The monoisotopic (exact) mass is 241 g/mol. The third-order valence-corrected chi connectivity index (χ3v) is 3.31. The Labute approximate surface area is 105 Å². The molecule has 1 aliphatic rings. The second kappa shape index (κ2) is 9.46. The summed E-state index contributed by atoms with van der Waals surface area (Å²) in [6, 6.07) is 0. The first-order valence-electron chi connectivity index (χ1n) is 7.24. The van der Waals surface area contributed by atoms with Crippen molar-refractivity contribution in [1.29, 1.82) is 0 Å². The van der Waals surface area contributed by atoms with Crippen LogP contribution in [0.15, 0.2) is 0 Å². The van der Waals surface area contributed by atoms with Gasteiger partial charge in [-0.15, -0.1) is 0 Å². The Bertz CT molecular complexity index is 206. The van der Waals surface area contributed by atoms with Gasteiger partial charge in [-0.05, 0) is 26.2 Å². The highest BCUT2D eigenvalue weighted by molar-refractivity contribution is 5.75. The largest absolute Gasteiger partial charge is 0.359 e. The first kappa shape index (κ1) is 14.5. The number of carbonyl (C=O) groups excluding carboxylic acids is 1. The number of hydrogen-bond donors (Lipinski definition) is 1. The predicted molar refractivity (Wildman–Crippen MR) is 69.7 cm³/mol. The highest BCUT2D eigenvalue weighted by Crippen LogP contribution is 2.13. The molecule has 0 aromatic carbocycles. The van der Waals surface area contributed by atoms with E-state index in [4.69, 9.17) is 4.74 Å². The molecule has 1 N–H and O–H groups in total. The molecule has 1 unspecified atom stereocenters. The third-order valence-electron chi connectivity index (χ3n) is 3.31. The Morgan fingerprint density at radius 2 is 1.65 bits per heavy atom. The Hall–Kier alpha value is -0.570. The van der Waals surface area contributed by atoms with Crippen LogP contribution in [0.3, 0.4) is 0 Å². The Morgan fingerprint density at radius 3 is 2.29 bits per heavy atom. The summed E-state index contributed by atoms with van der Waals surface area (Å²) in [4.78, 5) is 11.7. The summed E-state index contributed by atoms with van der Waals surface area (Å²) in [6.45, 7) is 2.65. The summed E-state index contributed by atoms with van der Waals surface area (Å²) < 4.78 is 5.56. The van der Waals surface area contributed by atoms with Gasteiger partial charge in [0.1, 0.15) is 6.23 Å². The minimum absolute atomic E-state index is 0.0618. The molecule has 1 fully saturated rings. The topological polar surface area (TPSA) is 38.3 Å². The van der Waals surface area contributed by atoms with Crippen LogP contribution < -0.4 is 5.32 Å². The Balaban J connectivity index is 2.35. The molecule has 0 radical (unpaired) electrons. The minimum atomic E-state index is -0.0618. The number of rotatable bonds is 2. The number of ether oxygens (including phenoxy) is 1. The van der Waals surface area contributed by atoms with Gasteiger partial charge >= 0.3 is 0 Å². The molecule has 0 saturated carbocycles. The molecule has 1 rings (SSSR count). The van der Waals surface area contributed by atoms with Gasteiger partial charge in [0.2, 0.25) is 5.91 Å². The van der Waals surface area contributed by atoms with Crippen LogP contribution in [0.5, 0.6) is 0 Å². The van der Waals surface area contributed by atoms with Crippen molar-refractivity contribution in [2.24, 2.45) is 0 Å². The Kier molecular flexibility index (Phi) is 8.06. The normalized spacial score (nSPS) is 25.2. The molecule has 1 saturated heterocycles. The lowest BCUT2D eigenvalue weighted by atomic mass is 10.1. The zero-order valence-electron chi connectivity index (χ0n) is 11.2. The minimum Gasteiger partial charge on any atom is -0.359 e. The van der Waals surface area contributed by atoms with E-state index in [1.807, 2.05) is 6.92 Å². The van der Waals surface area contributed by atoms with Crippen LogP contribution in [0.1, 0.15) is 71.1 Å². The summed E-state index contributed by atoms with van der Waals surface area (Å²) in [6.07, 6.45) is 11.5. The van der Waals surface area contributed by atoms with E-state index in [1.54, 1.807) is 0 Å². The first-order chi connectivity index (χ1) is 8.33. The van der Waals surface area contributed by atoms with Gasteiger partial charge in [-0.1, -0.05) is 38.5 Å². The highest BCUT2D eigenvalue weighted by Gasteiger charge is 2.12. The molecular weight excluding hydrogens is 214 g/mol. The molecule has 1 amide bonds. The maximum atomic E-state index is 11.7. The molecule has 0 aromatic rings. The second-order valence-corrected chi connectivity index (χ2v) is 4.88. The lowest BCUT2D eigenvalue weighted by Gasteiger charge is -2.18. The maximum Gasteiger partial charge on any atom is 0.221 e. The lowest BCUT2D eigenvalue weighted by Crippen LogP contribution is -2.36. The van der Waals surface area contributed by atoms with E-state index >= 15 is 0 Å². The predicted octanol–water partition coefficient (Wildman–Crippen LogP) is 3.38. The van der Waals surface area contributed by atoms with Gasteiger partial charge in [0.25, 0.3) is 0 Å². The molecule has 0 aromatic heterocycles. The molecule has 3 heteroatoms. The van der Waals surface area contributed by atoms with E-state index in [2.05, 4.69) is 5.32 Å². The van der Waals surface area contributed by atoms with Crippen LogP contribution in [0.4, 0.5) is 0 Å². The quantitative estimate of drug-likeness (QED) is 0.805. The van der Waals surface area contributed by atoms with E-state index in [0.29, 0.717) is 13.0 Å². The van der Waals surface area contributed by atoms with Crippen molar-refractivity contribution in [3.8, 4) is 0 Å². The zero-order chi connectivity index (χ0) is 12.3. The van der Waals surface area contributed by atoms with Crippen LogP contribution in [-0.2, 0) is 9.53 Å². The van der Waals surface area contributed by atoms with Gasteiger partial charge in [-0.2, -0.15) is 0 Å². The summed E-state index contributed by atoms with van der Waals surface area (Å²) >= 11 is 0. The van der Waals surface area contributed by atoms with E-state index < -0.39 is 0 Å². The second-order valence-electron chi connectivity index (χ2n) is 4.88. The van der Waals surface area contributed by atoms with Gasteiger partial charge in [-0.3, -0.25) is 4.79 Å². The van der Waals surface area contributed by atoms with E-state index in [-0.39, 0.29) is 12.1 Å². The lowest BCUT2D eigenvalue weighted by molar-refractivity contribution is -0.125. The van der Waals surface area contributed by atoms with Crippen LogP contribution in [0.2, 0.25) is 0 Å². The SMILES string of the molecule is CCOC1CCCCCCCCCCC(=O)N1. The van der Waals surface area contributed by atoms with Crippen LogP contribution in [0, 0.1) is 0 Å². The highest BCUT2D eigenvalue weighted by atomic mass is 16.5. The smallest absolute Gasteiger partial charge is 0.221 e. The fraction of sp³-hybridized carbons (Fsp3) is 0.929. The molecule has 3 nitrogen and oxygen atoms in total. The van der Waals surface area contributed by atoms with Gasteiger partial charge < -0.3 is 10.1 Å². The van der Waals surface area contributed by atoms with E-state index in [1.165, 1.54) is 38.5 Å². The van der Waals surface area contributed by atoms with Crippen LogP contribution >= 0.6 is 0 Å². The molecule has 0 spiro atoms. The average molecular weight is 241 g/mol. The van der Waals surface area contributed by atoms with Crippen LogP contribution in [-0.4, -0.2) is 18.7 Å². The van der Waals surface area contributed by atoms with Crippen molar-refractivity contribution >= 4 is 5.91 Å². The standard InChI is InChI=1S/C14H27NO2/c1-2-17-14-12-10-8-6-4-3-5-7-9-11-13(16)15-14/h14H,2-12H2,1H3,(H,15,16). The van der Waals surface area contributed by atoms with E-state index in [0.717, 1.165) is 19.3 Å². The number of carbonyl (C=O) groups is 1. The summed E-state index contributed by atoms with van der Waals surface area (Å²) in [5.74, 6) is 0.155. The van der Waals surface area contributed by atoms with Crippen molar-refractivity contribution in [2.75, 3.05) is 6.61 Å². The maximum absolute atomic E-state index is 11.7. The van der Waals surface area contributed by atoms with Crippen molar-refractivity contribution in [3.05, 3.63) is 0 Å².